The molecule has 3 aromatic heterocycles. The van der Waals surface area contributed by atoms with Crippen molar-refractivity contribution in [2.24, 2.45) is 0 Å². The van der Waals surface area contributed by atoms with Gasteiger partial charge in [0.15, 0.2) is 0 Å². The van der Waals surface area contributed by atoms with Gasteiger partial charge in [0.25, 0.3) is 0 Å². The van der Waals surface area contributed by atoms with Crippen molar-refractivity contribution >= 4 is 75.3 Å². The summed E-state index contributed by atoms with van der Waals surface area (Å²) in [6.07, 6.45) is 25.0. The first-order chi connectivity index (χ1) is 34.8. The highest BCUT2D eigenvalue weighted by atomic mass is 79.9. The van der Waals surface area contributed by atoms with Crippen LogP contribution in [0.25, 0.3) is 30.3 Å². The minimum absolute atomic E-state index is 0.481. The third-order valence-corrected chi connectivity index (χ3v) is 20.7. The predicted molar refractivity (Wildman–Crippen MR) is 319 cm³/mol. The van der Waals surface area contributed by atoms with Crippen molar-refractivity contribution in [2.45, 2.75) is 167 Å². The van der Waals surface area contributed by atoms with Crippen molar-refractivity contribution in [1.82, 2.24) is 0 Å². The maximum atomic E-state index is 4.10. The van der Waals surface area contributed by atoms with Gasteiger partial charge in [0.05, 0.1) is 23.1 Å². The van der Waals surface area contributed by atoms with E-state index >= 15 is 0 Å². The number of fused-ring (bicyclic) bond motifs is 8. The summed E-state index contributed by atoms with van der Waals surface area (Å²) < 4.78 is 5.18. The number of rotatable bonds is 24. The Morgan fingerprint density at radius 1 is 0.352 bits per heavy atom. The summed E-state index contributed by atoms with van der Waals surface area (Å²) >= 11 is 13.9. The molecule has 0 N–H and O–H groups in total. The Bertz CT molecular complexity index is 2920. The van der Waals surface area contributed by atoms with Crippen LogP contribution in [0.1, 0.15) is 197 Å². The van der Waals surface area contributed by atoms with Crippen molar-refractivity contribution in [3.63, 3.8) is 0 Å². The fraction of sp³-hybridized carbons (Fsp3) is 0.394. The Balaban J connectivity index is 1.20. The van der Waals surface area contributed by atoms with E-state index in [4.69, 9.17) is 0 Å². The lowest BCUT2D eigenvalue weighted by Gasteiger charge is -2.35. The van der Waals surface area contributed by atoms with Crippen LogP contribution < -0.4 is 0 Å². The smallest absolute Gasteiger partial charge is 0.0736 e. The first-order valence-electron chi connectivity index (χ1n) is 27.4. The molecule has 3 heterocycles. The zero-order chi connectivity index (χ0) is 49.0. The molecule has 2 aliphatic rings. The fourth-order valence-electron chi connectivity index (χ4n) is 12.4. The van der Waals surface area contributed by atoms with Crippen LogP contribution in [0.4, 0.5) is 0 Å². The van der Waals surface area contributed by atoms with E-state index < -0.39 is 10.8 Å². The number of hydrogen-bond acceptors (Lipinski definition) is 3. The molecule has 0 nitrogen and oxygen atoms in total. The van der Waals surface area contributed by atoms with Crippen LogP contribution in [0.15, 0.2) is 129 Å². The molecule has 5 heteroatoms. The van der Waals surface area contributed by atoms with Crippen LogP contribution >= 0.6 is 65.9 Å². The topological polar surface area (TPSA) is 0 Å². The van der Waals surface area contributed by atoms with Crippen LogP contribution in [-0.2, 0) is 36.5 Å². The minimum Gasteiger partial charge on any atom is -0.134 e. The van der Waals surface area contributed by atoms with Gasteiger partial charge in [-0.25, -0.2) is 0 Å². The Kier molecular flexibility index (Phi) is 16.4. The average molecular weight is 1120 g/mol. The van der Waals surface area contributed by atoms with Gasteiger partial charge >= 0.3 is 0 Å². The molecule has 0 saturated carbocycles. The molecular formula is C66H72Br2S3. The van der Waals surface area contributed by atoms with Gasteiger partial charge in [-0.3, -0.25) is 0 Å². The first-order valence-corrected chi connectivity index (χ1v) is 31.5. The lowest BCUT2D eigenvalue weighted by atomic mass is 9.65. The van der Waals surface area contributed by atoms with E-state index in [1.54, 1.807) is 0 Å². The fourth-order valence-corrected chi connectivity index (χ4v) is 17.4. The zero-order valence-electron chi connectivity index (χ0n) is 42.7. The van der Waals surface area contributed by atoms with Gasteiger partial charge in [-0.05, 0) is 180 Å². The Labute approximate surface area is 455 Å². The lowest BCUT2D eigenvalue weighted by molar-refractivity contribution is 0.666. The molecule has 0 unspecified atom stereocenters. The molecule has 0 radical (unpaired) electrons. The average Bonchev–Trinajstić information content (AvgIpc) is 4.18. The molecule has 5 aromatic carbocycles. The van der Waals surface area contributed by atoms with E-state index in [9.17, 15) is 0 Å². The molecule has 0 saturated heterocycles. The summed E-state index contributed by atoms with van der Waals surface area (Å²) in [6, 6.07) is 49.9. The van der Waals surface area contributed by atoms with Gasteiger partial charge in [0.1, 0.15) is 0 Å². The van der Waals surface area contributed by atoms with Gasteiger partial charge in [-0.15, -0.1) is 34.0 Å². The number of aryl methyl sites for hydroxylation is 4. The first kappa shape index (κ1) is 50.9. The molecule has 0 aliphatic heterocycles. The second kappa shape index (κ2) is 22.9. The molecule has 0 bridgehead atoms. The Morgan fingerprint density at radius 3 is 1.13 bits per heavy atom. The van der Waals surface area contributed by atoms with Crippen LogP contribution in [0, 0.1) is 0 Å². The normalized spacial score (nSPS) is 14.0. The lowest BCUT2D eigenvalue weighted by Crippen LogP contribution is -2.30. The molecule has 0 fully saturated rings. The summed E-state index contributed by atoms with van der Waals surface area (Å²) in [5.41, 5.74) is 18.8. The van der Waals surface area contributed by atoms with Crippen molar-refractivity contribution in [3.8, 4) is 20.9 Å². The quantitative estimate of drug-likeness (QED) is 0.0529. The van der Waals surface area contributed by atoms with Crippen molar-refractivity contribution in [3.05, 3.63) is 196 Å². The number of thiophene rings is 3. The molecule has 71 heavy (non-hydrogen) atoms. The highest BCUT2D eigenvalue weighted by molar-refractivity contribution is 9.11. The third kappa shape index (κ3) is 9.72. The third-order valence-electron chi connectivity index (χ3n) is 16.1. The summed E-state index contributed by atoms with van der Waals surface area (Å²) in [7, 11) is 0. The maximum absolute atomic E-state index is 4.10. The minimum atomic E-state index is -0.498. The van der Waals surface area contributed by atoms with E-state index in [-0.39, 0.29) is 0 Å². The Hall–Kier alpha value is -3.58. The van der Waals surface area contributed by atoms with E-state index in [0.29, 0.717) is 0 Å². The number of benzene rings is 5. The summed E-state index contributed by atoms with van der Waals surface area (Å²) in [5, 5.41) is 0. The number of unbranched alkanes of at least 4 members (excludes halogenated alkanes) is 12. The van der Waals surface area contributed by atoms with E-state index in [0.717, 1.165) is 25.7 Å². The Morgan fingerprint density at radius 2 is 0.718 bits per heavy atom. The summed E-state index contributed by atoms with van der Waals surface area (Å²) in [6.45, 7) is 9.23. The maximum Gasteiger partial charge on any atom is 0.0736 e. The standard InChI is InChI=1S/C66H72Br2S3/c1-5-9-13-17-21-45-25-33-49(34-26-45)65(50-35-27-46(28-36-50)22-18-14-10-6-2)55-42-54-56(41-53(55)62-57(65)43-59(67)70-62)66(61-63(54)69-58-44-60(68)71-64(58)61,51-37-29-47(30-38-51)23-19-15-11-7-3)52-39-31-48(32-40-52)24-20-16-12-8-4/h25-44H,5-24H2,1-4H3. The zero-order valence-corrected chi connectivity index (χ0v) is 48.3. The van der Waals surface area contributed by atoms with Gasteiger partial charge in [-0.2, -0.15) is 0 Å². The van der Waals surface area contributed by atoms with Crippen LogP contribution in [0.3, 0.4) is 0 Å². The monoisotopic (exact) mass is 1120 g/mol. The van der Waals surface area contributed by atoms with Gasteiger partial charge in [0.2, 0.25) is 0 Å². The summed E-state index contributed by atoms with van der Waals surface area (Å²) in [5.74, 6) is 0. The van der Waals surface area contributed by atoms with Gasteiger partial charge in [-0.1, -0.05) is 202 Å². The molecule has 10 rings (SSSR count). The summed E-state index contributed by atoms with van der Waals surface area (Å²) in [4.78, 5) is 2.82. The molecule has 2 aliphatic carbocycles. The predicted octanol–water partition coefficient (Wildman–Crippen LogP) is 21.8. The van der Waals surface area contributed by atoms with Crippen LogP contribution in [0.2, 0.25) is 0 Å². The molecule has 0 atom stereocenters. The van der Waals surface area contributed by atoms with Gasteiger partial charge < -0.3 is 0 Å². The van der Waals surface area contributed by atoms with E-state index in [1.165, 1.54) is 207 Å². The van der Waals surface area contributed by atoms with Crippen LogP contribution in [-0.4, -0.2) is 0 Å². The molecule has 368 valence electrons. The highest BCUT2D eigenvalue weighted by Gasteiger charge is 2.53. The van der Waals surface area contributed by atoms with Crippen LogP contribution in [0.5, 0.6) is 0 Å². The van der Waals surface area contributed by atoms with E-state index in [1.807, 2.05) is 34.0 Å². The molecule has 8 aromatic rings. The second-order valence-electron chi connectivity index (χ2n) is 20.8. The molecule has 0 amide bonds. The van der Waals surface area contributed by atoms with Crippen molar-refractivity contribution in [2.75, 3.05) is 0 Å². The van der Waals surface area contributed by atoms with Crippen molar-refractivity contribution in [1.29, 1.82) is 0 Å². The SMILES string of the molecule is CCCCCCc1ccc(C2(c3ccc(CCCCCC)cc3)c3cc4c(cc3-c3sc(Br)cc32)C(c2ccc(CCCCCC)cc2)(c2ccc(CCCCCC)cc2)c2c-4sc3cc(Br)sc23)cc1. The number of halogens is 2. The van der Waals surface area contributed by atoms with Gasteiger partial charge in [0, 0.05) is 20.0 Å². The van der Waals surface area contributed by atoms with Crippen molar-refractivity contribution < 1.29 is 0 Å². The highest BCUT2D eigenvalue weighted by Crippen LogP contribution is 2.67. The van der Waals surface area contributed by atoms with E-state index in [2.05, 4.69) is 181 Å². The largest absolute Gasteiger partial charge is 0.134 e. The molecule has 0 spiro atoms. The molecular weight excluding hydrogens is 1050 g/mol. The number of hydrogen-bond donors (Lipinski definition) is 0. The second-order valence-corrected chi connectivity index (χ2v) is 26.7.